The van der Waals surface area contributed by atoms with Crippen molar-refractivity contribution in [3.05, 3.63) is 29.6 Å². The van der Waals surface area contributed by atoms with Crippen LogP contribution < -0.4 is 61.4 Å². The van der Waals surface area contributed by atoms with Gasteiger partial charge in [0.05, 0.1) is 29.9 Å². The number of carboxylic acid groups (broad SMARTS) is 1. The number of nitrogens with zero attached hydrogens (tertiary/aromatic N) is 1. The summed E-state index contributed by atoms with van der Waals surface area (Å²) in [7, 11) is 0. The first-order chi connectivity index (χ1) is 9.77. The molecule has 0 radical (unpaired) electrons. The van der Waals surface area contributed by atoms with E-state index in [1.54, 1.807) is 0 Å². The Bertz CT molecular complexity index is 539. The Balaban J connectivity index is 0.00000242. The molecule has 0 aromatic heterocycles. The average molecular weight is 345 g/mol. The van der Waals surface area contributed by atoms with E-state index in [4.69, 9.17) is 4.74 Å². The van der Waals surface area contributed by atoms with Gasteiger partial charge < -0.3 is 19.5 Å². The van der Waals surface area contributed by atoms with Gasteiger partial charge in [0.15, 0.2) is 0 Å². The minimum absolute atomic E-state index is 0. The maximum absolute atomic E-state index is 13.8. The number of carbonyl (C=O) groups excluding carboxylic acids is 1. The van der Waals surface area contributed by atoms with Gasteiger partial charge >= 0.3 is 57.6 Å². The Hall–Kier alpha value is -0.194. The van der Waals surface area contributed by atoms with E-state index in [1.807, 2.05) is 0 Å². The zero-order valence-corrected chi connectivity index (χ0v) is 14.9. The van der Waals surface area contributed by atoms with E-state index in [1.165, 1.54) is 4.90 Å². The zero-order valence-electron chi connectivity index (χ0n) is 11.8. The van der Waals surface area contributed by atoms with Crippen LogP contribution in [-0.2, 0) is 15.7 Å². The van der Waals surface area contributed by atoms with Crippen LogP contribution in [0.4, 0.5) is 23.2 Å². The average Bonchev–Trinajstić information content (AvgIpc) is 2.83. The van der Waals surface area contributed by atoms with Gasteiger partial charge in [-0.25, -0.2) is 4.39 Å². The molecule has 1 aromatic carbocycles. The maximum atomic E-state index is 13.8. The largest absolute Gasteiger partial charge is 1.00 e. The molecule has 1 atom stereocenters. The molecule has 1 aliphatic heterocycles. The fraction of sp³-hybridized carbons (Fsp3) is 0.462. The van der Waals surface area contributed by atoms with Crippen molar-refractivity contribution < 1.29 is 83.6 Å². The van der Waals surface area contributed by atoms with Crippen LogP contribution in [0.2, 0.25) is 0 Å². The van der Waals surface area contributed by atoms with Crippen molar-refractivity contribution in [1.29, 1.82) is 0 Å². The number of alkyl halides is 3. The van der Waals surface area contributed by atoms with E-state index in [0.29, 0.717) is 19.0 Å². The molecular weight excluding hydrogens is 333 g/mol. The third-order valence-electron chi connectivity index (χ3n) is 3.20. The second-order valence-electron chi connectivity index (χ2n) is 4.70. The van der Waals surface area contributed by atoms with Crippen LogP contribution in [0.1, 0.15) is 12.0 Å². The Morgan fingerprint density at radius 2 is 2.09 bits per heavy atom. The van der Waals surface area contributed by atoms with E-state index in [0.717, 1.165) is 12.1 Å². The van der Waals surface area contributed by atoms with Crippen LogP contribution in [-0.4, -0.2) is 31.8 Å². The topological polar surface area (TPSA) is 52.6 Å². The van der Waals surface area contributed by atoms with Gasteiger partial charge in [-0.2, -0.15) is 13.2 Å². The fourth-order valence-corrected chi connectivity index (χ4v) is 2.21. The van der Waals surface area contributed by atoms with Crippen molar-refractivity contribution in [1.82, 2.24) is 0 Å². The Morgan fingerprint density at radius 3 is 2.64 bits per heavy atom. The molecule has 1 saturated heterocycles. The second kappa shape index (κ2) is 8.07. The molecule has 0 N–H and O–H groups in total. The first kappa shape index (κ1) is 19.9. The number of aliphatic carboxylic acids is 1. The summed E-state index contributed by atoms with van der Waals surface area (Å²) in [5, 5.41) is 10.3. The van der Waals surface area contributed by atoms with Gasteiger partial charge in [0.2, 0.25) is 0 Å². The smallest absolute Gasteiger partial charge is 0.548 e. The summed E-state index contributed by atoms with van der Waals surface area (Å²) < 4.78 is 56.2. The number of rotatable bonds is 4. The van der Waals surface area contributed by atoms with Crippen molar-refractivity contribution in [3.8, 4) is 0 Å². The third kappa shape index (κ3) is 5.17. The molecule has 0 spiro atoms. The minimum atomic E-state index is -4.59. The number of carbonyl (C=O) groups is 1. The van der Waals surface area contributed by atoms with Crippen LogP contribution in [0.3, 0.4) is 0 Å². The summed E-state index contributed by atoms with van der Waals surface area (Å²) in [4.78, 5) is 11.8. The number of anilines is 1. The summed E-state index contributed by atoms with van der Waals surface area (Å²) >= 11 is 0. The monoisotopic (exact) mass is 345 g/mol. The Labute approximate surface area is 166 Å². The number of halogens is 4. The van der Waals surface area contributed by atoms with Crippen molar-refractivity contribution in [2.24, 2.45) is 0 Å². The summed E-state index contributed by atoms with van der Waals surface area (Å²) in [6.07, 6.45) is -4.54. The molecule has 1 unspecified atom stereocenters. The van der Waals surface area contributed by atoms with E-state index < -0.39 is 36.2 Å². The predicted octanol–water partition coefficient (Wildman–Crippen LogP) is -1.81. The van der Waals surface area contributed by atoms with E-state index in [2.05, 4.69) is 0 Å². The van der Waals surface area contributed by atoms with Crippen LogP contribution in [0.25, 0.3) is 0 Å². The van der Waals surface area contributed by atoms with Crippen molar-refractivity contribution >= 4 is 11.7 Å². The first-order valence-electron chi connectivity index (χ1n) is 6.20. The molecule has 4 nitrogen and oxygen atoms in total. The second-order valence-corrected chi connectivity index (χ2v) is 4.70. The van der Waals surface area contributed by atoms with Crippen molar-refractivity contribution in [2.45, 2.75) is 18.7 Å². The van der Waals surface area contributed by atoms with Gasteiger partial charge in [-0.05, 0) is 24.6 Å². The Morgan fingerprint density at radius 1 is 1.41 bits per heavy atom. The van der Waals surface area contributed by atoms with Gasteiger partial charge in [-0.15, -0.1) is 0 Å². The number of hydrogen-bond donors (Lipinski definition) is 0. The summed E-state index contributed by atoms with van der Waals surface area (Å²) in [6, 6.07) is 2.33. The fourth-order valence-electron chi connectivity index (χ4n) is 2.21. The zero-order chi connectivity index (χ0) is 15.6. The van der Waals surface area contributed by atoms with Crippen LogP contribution in [0.15, 0.2) is 18.2 Å². The third-order valence-corrected chi connectivity index (χ3v) is 3.20. The van der Waals surface area contributed by atoms with E-state index in [-0.39, 0.29) is 63.6 Å². The minimum Gasteiger partial charge on any atom is -0.548 e. The number of benzene rings is 1. The molecule has 2 rings (SSSR count). The SMILES string of the molecule is O=C([O-])COC1CCN(c2ccc(C(F)(F)F)cc2F)C1.[K+]. The van der Waals surface area contributed by atoms with Gasteiger partial charge in [0.1, 0.15) is 5.82 Å². The normalized spacial score (nSPS) is 18.2. The molecule has 116 valence electrons. The predicted molar refractivity (Wildman–Crippen MR) is 63.0 cm³/mol. The van der Waals surface area contributed by atoms with E-state index in [9.17, 15) is 27.5 Å². The van der Waals surface area contributed by atoms with Crippen LogP contribution in [0.5, 0.6) is 0 Å². The molecule has 1 aromatic rings. The molecule has 0 aliphatic carbocycles. The molecule has 1 heterocycles. The number of carboxylic acids is 1. The van der Waals surface area contributed by atoms with Crippen LogP contribution >= 0.6 is 0 Å². The molecule has 9 heteroatoms. The molecule has 1 fully saturated rings. The van der Waals surface area contributed by atoms with Crippen LogP contribution in [0, 0.1) is 5.82 Å². The van der Waals surface area contributed by atoms with Gasteiger partial charge in [-0.3, -0.25) is 0 Å². The number of hydrogen-bond acceptors (Lipinski definition) is 4. The maximum Gasteiger partial charge on any atom is 1.00 e. The van der Waals surface area contributed by atoms with Crippen molar-refractivity contribution in [3.63, 3.8) is 0 Å². The van der Waals surface area contributed by atoms with Gasteiger partial charge in [0, 0.05) is 13.1 Å². The number of ether oxygens (including phenoxy) is 1. The molecule has 0 amide bonds. The van der Waals surface area contributed by atoms with E-state index >= 15 is 0 Å². The Kier molecular flexibility index (Phi) is 7.28. The summed E-state index contributed by atoms with van der Waals surface area (Å²) in [6.45, 7) is 0.0313. The molecular formula is C13H12F4KNO3. The summed E-state index contributed by atoms with van der Waals surface area (Å²) in [5.74, 6) is -2.32. The molecule has 0 bridgehead atoms. The van der Waals surface area contributed by atoms with Gasteiger partial charge in [-0.1, -0.05) is 0 Å². The van der Waals surface area contributed by atoms with Gasteiger partial charge in [0.25, 0.3) is 0 Å². The molecule has 22 heavy (non-hydrogen) atoms. The standard InChI is InChI=1S/C13H13F4NO3.K/c14-10-5-8(13(15,16)17)1-2-11(10)18-4-3-9(6-18)21-7-12(19)20;/h1-2,5,9H,3-4,6-7H2,(H,19,20);/q;+1/p-1. The molecule has 1 aliphatic rings. The summed E-state index contributed by atoms with van der Waals surface area (Å²) in [5.41, 5.74) is -1.00. The first-order valence-corrected chi connectivity index (χ1v) is 6.20. The molecule has 0 saturated carbocycles. The van der Waals surface area contributed by atoms with Crippen molar-refractivity contribution in [2.75, 3.05) is 24.6 Å². The quantitative estimate of drug-likeness (QED) is 0.477.